The second kappa shape index (κ2) is 6.79. The van der Waals surface area contributed by atoms with Crippen LogP contribution in [0.25, 0.3) is 0 Å². The summed E-state index contributed by atoms with van der Waals surface area (Å²) in [6.07, 6.45) is 2.91. The average molecular weight is 238 g/mol. The van der Waals surface area contributed by atoms with E-state index in [0.717, 1.165) is 12.8 Å². The lowest BCUT2D eigenvalue weighted by molar-refractivity contribution is -0.143. The minimum absolute atomic E-state index is 0.0422. The third-order valence-corrected chi connectivity index (χ3v) is 2.87. The Balaban J connectivity index is 2.32. The first kappa shape index (κ1) is 13.4. The van der Waals surface area contributed by atoms with Crippen molar-refractivity contribution < 1.29 is 14.7 Å². The highest BCUT2D eigenvalue weighted by atomic mass is 16.4. The summed E-state index contributed by atoms with van der Waals surface area (Å²) >= 11 is 0. The van der Waals surface area contributed by atoms with Crippen LogP contribution in [0, 0.1) is 17.8 Å². The molecule has 2 amide bonds. The van der Waals surface area contributed by atoms with Crippen molar-refractivity contribution >= 4 is 12.0 Å². The number of carboxylic acids is 1. The number of amides is 2. The smallest absolute Gasteiger partial charge is 0.315 e. The summed E-state index contributed by atoms with van der Waals surface area (Å²) in [6.45, 7) is 2.02. The largest absolute Gasteiger partial charge is 0.481 e. The molecule has 0 aromatic rings. The predicted octanol–water partition coefficient (Wildman–Crippen LogP) is 0.952. The van der Waals surface area contributed by atoms with Gasteiger partial charge < -0.3 is 15.7 Å². The van der Waals surface area contributed by atoms with Gasteiger partial charge in [-0.25, -0.2) is 4.79 Å². The number of hydrogen-bond donors (Lipinski definition) is 3. The van der Waals surface area contributed by atoms with E-state index in [4.69, 9.17) is 5.11 Å². The topological polar surface area (TPSA) is 78.4 Å². The van der Waals surface area contributed by atoms with Gasteiger partial charge in [-0.2, -0.15) is 0 Å². The maximum Gasteiger partial charge on any atom is 0.315 e. The van der Waals surface area contributed by atoms with Gasteiger partial charge in [0.15, 0.2) is 0 Å². The van der Waals surface area contributed by atoms with E-state index in [9.17, 15) is 9.59 Å². The van der Waals surface area contributed by atoms with Crippen LogP contribution < -0.4 is 10.6 Å². The van der Waals surface area contributed by atoms with Gasteiger partial charge in [-0.05, 0) is 26.2 Å². The zero-order valence-electron chi connectivity index (χ0n) is 9.95. The van der Waals surface area contributed by atoms with Crippen molar-refractivity contribution in [1.82, 2.24) is 10.6 Å². The first-order valence-electron chi connectivity index (χ1n) is 5.80. The number of carbonyl (C=O) groups excluding carboxylic acids is 1. The third-order valence-electron chi connectivity index (χ3n) is 2.87. The molecule has 0 spiro atoms. The van der Waals surface area contributed by atoms with Crippen LogP contribution in [0.15, 0.2) is 0 Å². The zero-order chi connectivity index (χ0) is 12.7. The molecule has 0 heterocycles. The average Bonchev–Trinajstić information content (AvgIpc) is 2.29. The molecule has 17 heavy (non-hydrogen) atoms. The molecule has 1 saturated carbocycles. The van der Waals surface area contributed by atoms with Crippen molar-refractivity contribution in [2.24, 2.45) is 5.92 Å². The van der Waals surface area contributed by atoms with Crippen LogP contribution in [0.4, 0.5) is 4.79 Å². The van der Waals surface area contributed by atoms with Gasteiger partial charge in [-0.1, -0.05) is 12.3 Å². The van der Waals surface area contributed by atoms with Crippen molar-refractivity contribution in [3.63, 3.8) is 0 Å². The molecule has 1 fully saturated rings. The molecular weight excluding hydrogens is 220 g/mol. The standard InChI is InChI=1S/C12H18N2O3/c1-2-3-7-13-12(17)14-10-6-4-5-9(8-10)11(15)16/h9-10H,4-8H2,1H3,(H,15,16)(H2,13,14,17). The number of urea groups is 1. The third kappa shape index (κ3) is 4.77. The summed E-state index contributed by atoms with van der Waals surface area (Å²) in [5.74, 6) is 4.31. The summed E-state index contributed by atoms with van der Waals surface area (Å²) in [7, 11) is 0. The minimum atomic E-state index is -0.770. The monoisotopic (exact) mass is 238 g/mol. The number of hydrogen-bond acceptors (Lipinski definition) is 2. The fourth-order valence-electron chi connectivity index (χ4n) is 1.99. The number of carbonyl (C=O) groups is 2. The van der Waals surface area contributed by atoms with E-state index < -0.39 is 5.97 Å². The van der Waals surface area contributed by atoms with Gasteiger partial charge in [-0.3, -0.25) is 4.79 Å². The Kier molecular flexibility index (Phi) is 5.34. The van der Waals surface area contributed by atoms with E-state index in [1.165, 1.54) is 0 Å². The van der Waals surface area contributed by atoms with Gasteiger partial charge in [0.1, 0.15) is 0 Å². The molecule has 5 heteroatoms. The van der Waals surface area contributed by atoms with Gasteiger partial charge in [-0.15, -0.1) is 5.92 Å². The van der Waals surface area contributed by atoms with Gasteiger partial charge in [0.05, 0.1) is 12.5 Å². The van der Waals surface area contributed by atoms with E-state index in [0.29, 0.717) is 19.4 Å². The summed E-state index contributed by atoms with van der Waals surface area (Å²) < 4.78 is 0. The molecule has 0 radical (unpaired) electrons. The molecule has 5 nitrogen and oxygen atoms in total. The molecule has 94 valence electrons. The predicted molar refractivity (Wildman–Crippen MR) is 63.4 cm³/mol. The van der Waals surface area contributed by atoms with Crippen LogP contribution in [0.2, 0.25) is 0 Å². The second-order valence-corrected chi connectivity index (χ2v) is 4.15. The Morgan fingerprint density at radius 3 is 2.82 bits per heavy atom. The Bertz CT molecular complexity index is 343. The van der Waals surface area contributed by atoms with Crippen molar-refractivity contribution in [1.29, 1.82) is 0 Å². The molecule has 1 aliphatic rings. The van der Waals surface area contributed by atoms with E-state index in [-0.39, 0.29) is 18.0 Å². The summed E-state index contributed by atoms with van der Waals surface area (Å²) in [5.41, 5.74) is 0. The van der Waals surface area contributed by atoms with Gasteiger partial charge >= 0.3 is 12.0 Å². The van der Waals surface area contributed by atoms with Crippen molar-refractivity contribution in [2.75, 3.05) is 6.54 Å². The van der Waals surface area contributed by atoms with E-state index in [1.807, 2.05) is 0 Å². The van der Waals surface area contributed by atoms with Crippen LogP contribution >= 0.6 is 0 Å². The van der Waals surface area contributed by atoms with E-state index in [2.05, 4.69) is 22.5 Å². The number of nitrogens with one attached hydrogen (secondary N) is 2. The molecule has 0 bridgehead atoms. The molecule has 0 saturated heterocycles. The fourth-order valence-corrected chi connectivity index (χ4v) is 1.99. The number of carboxylic acid groups (broad SMARTS) is 1. The van der Waals surface area contributed by atoms with E-state index in [1.54, 1.807) is 6.92 Å². The molecular formula is C12H18N2O3. The second-order valence-electron chi connectivity index (χ2n) is 4.15. The molecule has 2 atom stereocenters. The first-order chi connectivity index (χ1) is 8.13. The lowest BCUT2D eigenvalue weighted by Gasteiger charge is -2.27. The molecule has 0 aromatic heterocycles. The lowest BCUT2D eigenvalue weighted by atomic mass is 9.86. The normalized spacial score (nSPS) is 23.1. The molecule has 1 aliphatic carbocycles. The highest BCUT2D eigenvalue weighted by Gasteiger charge is 2.27. The van der Waals surface area contributed by atoms with Crippen LogP contribution in [0.5, 0.6) is 0 Å². The van der Waals surface area contributed by atoms with Crippen molar-refractivity contribution in [3.05, 3.63) is 0 Å². The zero-order valence-corrected chi connectivity index (χ0v) is 9.95. The fraction of sp³-hybridized carbons (Fsp3) is 0.667. The Labute approximate surface area is 101 Å². The Hall–Kier alpha value is -1.70. The minimum Gasteiger partial charge on any atom is -0.481 e. The first-order valence-corrected chi connectivity index (χ1v) is 5.80. The van der Waals surface area contributed by atoms with Gasteiger partial charge in [0.2, 0.25) is 0 Å². The van der Waals surface area contributed by atoms with E-state index >= 15 is 0 Å². The highest BCUT2D eigenvalue weighted by Crippen LogP contribution is 2.24. The molecule has 0 aromatic carbocycles. The van der Waals surface area contributed by atoms with Crippen molar-refractivity contribution in [2.45, 2.75) is 38.6 Å². The highest BCUT2D eigenvalue weighted by molar-refractivity contribution is 5.75. The summed E-state index contributed by atoms with van der Waals surface area (Å²) in [5, 5.41) is 14.3. The lowest BCUT2D eigenvalue weighted by Crippen LogP contribution is -2.45. The van der Waals surface area contributed by atoms with Crippen LogP contribution in [-0.2, 0) is 4.79 Å². The van der Waals surface area contributed by atoms with Crippen molar-refractivity contribution in [3.8, 4) is 11.8 Å². The molecule has 0 aliphatic heterocycles. The van der Waals surface area contributed by atoms with Crippen LogP contribution in [0.3, 0.4) is 0 Å². The maximum absolute atomic E-state index is 11.4. The molecule has 3 N–H and O–H groups in total. The summed E-state index contributed by atoms with van der Waals surface area (Å²) in [4.78, 5) is 22.3. The Morgan fingerprint density at radius 1 is 1.41 bits per heavy atom. The summed E-state index contributed by atoms with van der Waals surface area (Å²) in [6, 6.07) is -0.316. The SMILES string of the molecule is CC#CCNC(=O)NC1CCCC(C(=O)O)C1. The maximum atomic E-state index is 11.4. The number of aliphatic carboxylic acids is 1. The van der Waals surface area contributed by atoms with Crippen LogP contribution in [-0.4, -0.2) is 29.7 Å². The van der Waals surface area contributed by atoms with Crippen LogP contribution in [0.1, 0.15) is 32.6 Å². The van der Waals surface area contributed by atoms with Gasteiger partial charge in [0, 0.05) is 6.04 Å². The Morgan fingerprint density at radius 2 is 2.18 bits per heavy atom. The quantitative estimate of drug-likeness (QED) is 0.641. The van der Waals surface area contributed by atoms with Gasteiger partial charge in [0.25, 0.3) is 0 Å². The molecule has 2 unspecified atom stereocenters. The molecule has 1 rings (SSSR count). The number of rotatable bonds is 3.